The second-order valence-corrected chi connectivity index (χ2v) is 17.0. The third kappa shape index (κ3) is 4.41. The Hall–Kier alpha value is -6.54. The highest BCUT2D eigenvalue weighted by atomic mass is 32.1. The molecular formula is C55H36S. The lowest BCUT2D eigenvalue weighted by molar-refractivity contribution is 0.667. The Bertz CT molecular complexity index is 3390. The van der Waals surface area contributed by atoms with Gasteiger partial charge in [0.1, 0.15) is 0 Å². The largest absolute Gasteiger partial charge is 0.135 e. The van der Waals surface area contributed by atoms with Gasteiger partial charge in [-0.3, -0.25) is 0 Å². The van der Waals surface area contributed by atoms with E-state index in [4.69, 9.17) is 0 Å². The molecule has 0 N–H and O–H groups in total. The maximum Gasteiger partial charge on any atom is 0.0440 e. The molecule has 0 saturated heterocycles. The van der Waals surface area contributed by atoms with E-state index in [-0.39, 0.29) is 5.41 Å². The molecule has 0 unspecified atom stereocenters. The summed E-state index contributed by atoms with van der Waals surface area (Å²) in [7, 11) is 0. The molecule has 10 aromatic carbocycles. The molecule has 0 fully saturated rings. The van der Waals surface area contributed by atoms with E-state index in [1.165, 1.54) is 119 Å². The Kier molecular flexibility index (Phi) is 6.66. The zero-order valence-corrected chi connectivity index (χ0v) is 32.0. The molecule has 0 aliphatic heterocycles. The normalized spacial score (nSPS) is 13.3. The summed E-state index contributed by atoms with van der Waals surface area (Å²) < 4.78 is 2.75. The lowest BCUT2D eigenvalue weighted by atomic mass is 9.79. The van der Waals surface area contributed by atoms with Crippen LogP contribution in [0.25, 0.3) is 108 Å². The zero-order chi connectivity index (χ0) is 37.1. The van der Waals surface area contributed by atoms with Crippen molar-refractivity contribution in [3.63, 3.8) is 0 Å². The first-order valence-corrected chi connectivity index (χ1v) is 20.4. The summed E-state index contributed by atoms with van der Waals surface area (Å²) in [4.78, 5) is 0. The third-order valence-electron chi connectivity index (χ3n) is 12.6. The highest BCUT2D eigenvalue weighted by molar-refractivity contribution is 7.26. The first-order chi connectivity index (χ1) is 27.5. The molecule has 1 heteroatoms. The zero-order valence-electron chi connectivity index (χ0n) is 31.2. The van der Waals surface area contributed by atoms with Crippen molar-refractivity contribution < 1.29 is 0 Å². The standard InChI is InChI=1S/C55H36S/c1-55(2)47-32-36(28-29-45(47)51-52-46-24-11-12-25-48(46)56-54(52)44-23-10-9-22-43(44)53(51)55)35-16-13-17-37(31-35)49-39-18-5-7-20-41(39)50(42-21-8-6-19-40(42)49)38-27-26-33-14-3-4-15-34(33)30-38/h3-32H,1-2H3. The Balaban J connectivity index is 1.05. The number of fused-ring (bicyclic) bond motifs is 13. The average molecular weight is 729 g/mol. The maximum absolute atomic E-state index is 2.49. The molecule has 12 rings (SSSR count). The van der Waals surface area contributed by atoms with Gasteiger partial charge in [0.05, 0.1) is 0 Å². The monoisotopic (exact) mass is 728 g/mol. The Labute approximate surface area is 329 Å². The van der Waals surface area contributed by atoms with E-state index < -0.39 is 0 Å². The van der Waals surface area contributed by atoms with E-state index in [1.807, 2.05) is 11.3 Å². The summed E-state index contributed by atoms with van der Waals surface area (Å²) in [5, 5.41) is 13.1. The van der Waals surface area contributed by atoms with Crippen LogP contribution in [-0.2, 0) is 5.41 Å². The third-order valence-corrected chi connectivity index (χ3v) is 13.8. The Morgan fingerprint density at radius 2 is 0.911 bits per heavy atom. The van der Waals surface area contributed by atoms with Gasteiger partial charge < -0.3 is 0 Å². The van der Waals surface area contributed by atoms with Gasteiger partial charge in [0.2, 0.25) is 0 Å². The van der Waals surface area contributed by atoms with Crippen LogP contribution in [0.5, 0.6) is 0 Å². The van der Waals surface area contributed by atoms with Crippen LogP contribution in [-0.4, -0.2) is 0 Å². The fourth-order valence-corrected chi connectivity index (χ4v) is 11.4. The van der Waals surface area contributed by atoms with Gasteiger partial charge >= 0.3 is 0 Å². The predicted molar refractivity (Wildman–Crippen MR) is 243 cm³/mol. The number of hydrogen-bond acceptors (Lipinski definition) is 1. The second kappa shape index (κ2) is 11.7. The quantitative estimate of drug-likeness (QED) is 0.159. The van der Waals surface area contributed by atoms with E-state index >= 15 is 0 Å². The van der Waals surface area contributed by atoms with Gasteiger partial charge in [0.15, 0.2) is 0 Å². The van der Waals surface area contributed by atoms with Crippen LogP contribution in [0.2, 0.25) is 0 Å². The average Bonchev–Trinajstić information content (AvgIpc) is 3.75. The molecule has 0 saturated carbocycles. The van der Waals surface area contributed by atoms with Gasteiger partial charge in [0.25, 0.3) is 0 Å². The SMILES string of the molecule is CC1(C)c2cc(-c3cccc(-c4c5ccccc5c(-c5ccc6ccccc6c5)c5ccccc45)c3)ccc2-c2c1c1ccccc1c1sc3ccccc3c21. The lowest BCUT2D eigenvalue weighted by Gasteiger charge is -2.24. The number of thiophene rings is 1. The summed E-state index contributed by atoms with van der Waals surface area (Å²) in [5.41, 5.74) is 13.0. The summed E-state index contributed by atoms with van der Waals surface area (Å²) in [5.74, 6) is 0. The van der Waals surface area contributed by atoms with E-state index in [9.17, 15) is 0 Å². The molecule has 0 radical (unpaired) electrons. The predicted octanol–water partition coefficient (Wildman–Crippen LogP) is 16.0. The summed E-state index contributed by atoms with van der Waals surface area (Å²) >= 11 is 1.93. The van der Waals surface area contributed by atoms with Gasteiger partial charge in [-0.25, -0.2) is 0 Å². The molecule has 0 bridgehead atoms. The van der Waals surface area contributed by atoms with Gasteiger partial charge in [-0.1, -0.05) is 172 Å². The van der Waals surface area contributed by atoms with Gasteiger partial charge in [-0.15, -0.1) is 11.3 Å². The fourth-order valence-electron chi connectivity index (χ4n) is 10.1. The number of benzene rings is 10. The van der Waals surface area contributed by atoms with E-state index in [2.05, 4.69) is 196 Å². The molecule has 1 heterocycles. The van der Waals surface area contributed by atoms with Crippen molar-refractivity contribution in [3.05, 3.63) is 193 Å². The molecule has 0 amide bonds. The molecular weight excluding hydrogens is 693 g/mol. The number of rotatable bonds is 3. The second-order valence-electron chi connectivity index (χ2n) is 16.0. The molecule has 0 spiro atoms. The topological polar surface area (TPSA) is 0 Å². The summed E-state index contributed by atoms with van der Waals surface area (Å²) in [6.07, 6.45) is 0. The van der Waals surface area contributed by atoms with Gasteiger partial charge in [-0.2, -0.15) is 0 Å². The Morgan fingerprint density at radius 1 is 0.375 bits per heavy atom. The summed E-state index contributed by atoms with van der Waals surface area (Å²) in [6, 6.07) is 68.0. The van der Waals surface area contributed by atoms with Crippen molar-refractivity contribution >= 4 is 74.6 Å². The van der Waals surface area contributed by atoms with Crippen LogP contribution in [0.15, 0.2) is 182 Å². The summed E-state index contributed by atoms with van der Waals surface area (Å²) in [6.45, 7) is 4.86. The lowest BCUT2D eigenvalue weighted by Crippen LogP contribution is -2.15. The first kappa shape index (κ1) is 31.8. The molecule has 56 heavy (non-hydrogen) atoms. The van der Waals surface area contributed by atoms with Crippen LogP contribution in [0.3, 0.4) is 0 Å². The van der Waals surface area contributed by atoms with Crippen LogP contribution in [0.1, 0.15) is 25.0 Å². The minimum absolute atomic E-state index is 0.167. The van der Waals surface area contributed by atoms with Crippen molar-refractivity contribution in [1.29, 1.82) is 0 Å². The van der Waals surface area contributed by atoms with Crippen molar-refractivity contribution in [2.45, 2.75) is 19.3 Å². The van der Waals surface area contributed by atoms with Crippen LogP contribution < -0.4 is 0 Å². The molecule has 1 aliphatic rings. The maximum atomic E-state index is 2.49. The smallest absolute Gasteiger partial charge is 0.0440 e. The van der Waals surface area contributed by atoms with E-state index in [0.29, 0.717) is 0 Å². The highest BCUT2D eigenvalue weighted by Gasteiger charge is 2.39. The molecule has 1 aromatic heterocycles. The van der Waals surface area contributed by atoms with Gasteiger partial charge in [-0.05, 0) is 123 Å². The minimum atomic E-state index is -0.167. The van der Waals surface area contributed by atoms with Crippen molar-refractivity contribution in [1.82, 2.24) is 0 Å². The molecule has 262 valence electrons. The fraction of sp³-hybridized carbons (Fsp3) is 0.0545. The molecule has 0 atom stereocenters. The van der Waals surface area contributed by atoms with Crippen molar-refractivity contribution in [3.8, 4) is 44.5 Å². The van der Waals surface area contributed by atoms with Crippen LogP contribution >= 0.6 is 11.3 Å². The van der Waals surface area contributed by atoms with Gasteiger partial charge in [0, 0.05) is 25.6 Å². The van der Waals surface area contributed by atoms with Crippen LogP contribution in [0.4, 0.5) is 0 Å². The molecule has 1 aliphatic carbocycles. The molecule has 11 aromatic rings. The van der Waals surface area contributed by atoms with Crippen molar-refractivity contribution in [2.24, 2.45) is 0 Å². The molecule has 0 nitrogen and oxygen atoms in total. The Morgan fingerprint density at radius 3 is 1.62 bits per heavy atom. The van der Waals surface area contributed by atoms with Crippen LogP contribution in [0, 0.1) is 0 Å². The highest BCUT2D eigenvalue weighted by Crippen LogP contribution is 2.57. The van der Waals surface area contributed by atoms with E-state index in [1.54, 1.807) is 0 Å². The first-order valence-electron chi connectivity index (χ1n) is 19.6. The minimum Gasteiger partial charge on any atom is -0.135 e. The van der Waals surface area contributed by atoms with Crippen molar-refractivity contribution in [2.75, 3.05) is 0 Å². The van der Waals surface area contributed by atoms with E-state index in [0.717, 1.165) is 0 Å². The number of hydrogen-bond donors (Lipinski definition) is 0.